The van der Waals surface area contributed by atoms with Crippen LogP contribution in [-0.2, 0) is 37.6 Å². The molecule has 0 aromatic heterocycles. The third-order valence-electron chi connectivity index (χ3n) is 9.24. The van der Waals surface area contributed by atoms with E-state index in [0.717, 1.165) is 22.3 Å². The number of fused-ring (bicyclic) bond motifs is 3. The SMILES string of the molecule is CC(C)(C)c1ccc(-c2ccc(O)c3c2C[C@H]2C[C@H]4CC(OCc5ccccc5)=C(C(N)=O)C(=O)[C@@]4(O)C(=O)C2=C3O)cc1. The summed E-state index contributed by atoms with van der Waals surface area (Å²) in [6, 6.07) is 20.5. The number of allylic oxidation sites excluding steroid dienone is 1. The number of benzene rings is 3. The lowest BCUT2D eigenvalue weighted by Gasteiger charge is -2.46. The van der Waals surface area contributed by atoms with E-state index >= 15 is 0 Å². The molecule has 1 saturated carbocycles. The number of rotatable bonds is 5. The zero-order valence-corrected chi connectivity index (χ0v) is 24.9. The van der Waals surface area contributed by atoms with Crippen LogP contribution in [0.15, 0.2) is 83.6 Å². The normalized spacial score (nSPS) is 23.2. The van der Waals surface area contributed by atoms with Crippen LogP contribution in [-0.4, -0.2) is 38.4 Å². The molecule has 1 fully saturated rings. The highest BCUT2D eigenvalue weighted by Crippen LogP contribution is 2.52. The molecule has 6 rings (SSSR count). The molecule has 0 unspecified atom stereocenters. The van der Waals surface area contributed by atoms with Crippen LogP contribution in [0.2, 0.25) is 0 Å². The molecule has 3 aromatic carbocycles. The number of ketones is 2. The van der Waals surface area contributed by atoms with E-state index in [-0.39, 0.29) is 47.5 Å². The second kappa shape index (κ2) is 10.5. The standard InChI is InChI=1S/C36H35NO7/c1-35(2,3)22-11-9-20(10-12-22)24-13-14-26(38)29-25(24)16-21-15-23-17-27(44-18-19-7-5-4-6-8-19)30(34(37)42)33(41)36(23,43)32(40)28(21)31(29)39/h4-14,21,23,38-39,43H,15-18H2,1-3H3,(H2,37,42)/t21-,23+,36+/m1/s1. The number of carbonyl (C=O) groups excluding carboxylic acids is 3. The van der Waals surface area contributed by atoms with Crippen molar-refractivity contribution < 1.29 is 34.4 Å². The van der Waals surface area contributed by atoms with Gasteiger partial charge in [-0.3, -0.25) is 14.4 Å². The van der Waals surface area contributed by atoms with Crippen molar-refractivity contribution in [2.75, 3.05) is 0 Å². The average Bonchev–Trinajstić information content (AvgIpc) is 2.98. The molecule has 1 amide bonds. The molecule has 5 N–H and O–H groups in total. The van der Waals surface area contributed by atoms with Gasteiger partial charge in [-0.2, -0.15) is 0 Å². The topological polar surface area (TPSA) is 147 Å². The summed E-state index contributed by atoms with van der Waals surface area (Å²) in [5, 5.41) is 34.1. The fourth-order valence-corrected chi connectivity index (χ4v) is 6.89. The first kappa shape index (κ1) is 29.4. The van der Waals surface area contributed by atoms with Crippen LogP contribution in [0.3, 0.4) is 0 Å². The summed E-state index contributed by atoms with van der Waals surface area (Å²) in [6.07, 6.45) is 0.394. The van der Waals surface area contributed by atoms with Gasteiger partial charge in [0.1, 0.15) is 29.4 Å². The quantitative estimate of drug-likeness (QED) is 0.239. The van der Waals surface area contributed by atoms with Crippen LogP contribution >= 0.6 is 0 Å². The summed E-state index contributed by atoms with van der Waals surface area (Å²) in [5.41, 5.74) is 6.70. The largest absolute Gasteiger partial charge is 0.507 e. The number of aliphatic hydroxyl groups excluding tert-OH is 1. The Morgan fingerprint density at radius 3 is 2.27 bits per heavy atom. The van der Waals surface area contributed by atoms with Gasteiger partial charge in [-0.15, -0.1) is 0 Å². The molecule has 0 heterocycles. The Morgan fingerprint density at radius 2 is 1.64 bits per heavy atom. The van der Waals surface area contributed by atoms with Crippen LogP contribution in [0.25, 0.3) is 16.9 Å². The van der Waals surface area contributed by atoms with Gasteiger partial charge in [0.2, 0.25) is 11.6 Å². The molecular weight excluding hydrogens is 558 g/mol. The predicted octanol–water partition coefficient (Wildman–Crippen LogP) is 5.05. The second-order valence-electron chi connectivity index (χ2n) is 13.0. The minimum Gasteiger partial charge on any atom is -0.507 e. The fraction of sp³-hybridized carbons (Fsp3) is 0.306. The van der Waals surface area contributed by atoms with Crippen molar-refractivity contribution in [1.82, 2.24) is 0 Å². The lowest BCUT2D eigenvalue weighted by molar-refractivity contribution is -0.158. The number of Topliss-reactive ketones (excluding diaryl/α,β-unsaturated/α-hetero) is 2. The highest BCUT2D eigenvalue weighted by atomic mass is 16.5. The summed E-state index contributed by atoms with van der Waals surface area (Å²) in [4.78, 5) is 40.2. The van der Waals surface area contributed by atoms with Crippen LogP contribution in [0.1, 0.15) is 55.9 Å². The van der Waals surface area contributed by atoms with Gasteiger partial charge >= 0.3 is 0 Å². The van der Waals surface area contributed by atoms with Gasteiger partial charge in [-0.05, 0) is 58.1 Å². The number of carbonyl (C=O) groups is 3. The van der Waals surface area contributed by atoms with Gasteiger partial charge in [0.15, 0.2) is 5.60 Å². The number of primary amides is 1. The molecule has 44 heavy (non-hydrogen) atoms. The van der Waals surface area contributed by atoms with Crippen molar-refractivity contribution in [2.24, 2.45) is 17.6 Å². The van der Waals surface area contributed by atoms with E-state index in [9.17, 15) is 29.7 Å². The predicted molar refractivity (Wildman–Crippen MR) is 164 cm³/mol. The zero-order valence-electron chi connectivity index (χ0n) is 24.9. The molecule has 0 spiro atoms. The van der Waals surface area contributed by atoms with Crippen molar-refractivity contribution in [2.45, 2.75) is 57.7 Å². The first-order valence-corrected chi connectivity index (χ1v) is 14.7. The van der Waals surface area contributed by atoms with Gasteiger partial charge in [0.05, 0.1) is 5.56 Å². The number of amides is 1. The van der Waals surface area contributed by atoms with Crippen molar-refractivity contribution in [3.63, 3.8) is 0 Å². The molecule has 8 nitrogen and oxygen atoms in total. The lowest BCUT2D eigenvalue weighted by atomic mass is 9.58. The number of hydrogen-bond acceptors (Lipinski definition) is 7. The Hall–Kier alpha value is -4.69. The second-order valence-corrected chi connectivity index (χ2v) is 13.0. The minimum absolute atomic E-state index is 0.0357. The fourth-order valence-electron chi connectivity index (χ4n) is 6.89. The summed E-state index contributed by atoms with van der Waals surface area (Å²) < 4.78 is 5.92. The van der Waals surface area contributed by atoms with E-state index in [1.54, 1.807) is 6.07 Å². The van der Waals surface area contributed by atoms with Crippen molar-refractivity contribution >= 4 is 23.2 Å². The highest BCUT2D eigenvalue weighted by molar-refractivity contribution is 6.32. The number of aromatic hydroxyl groups is 1. The number of nitrogens with two attached hydrogens (primary N) is 1. The van der Waals surface area contributed by atoms with E-state index in [2.05, 4.69) is 32.9 Å². The Morgan fingerprint density at radius 1 is 0.955 bits per heavy atom. The van der Waals surface area contributed by atoms with Crippen LogP contribution in [0, 0.1) is 11.8 Å². The molecule has 226 valence electrons. The third-order valence-corrected chi connectivity index (χ3v) is 9.24. The monoisotopic (exact) mass is 593 g/mol. The van der Waals surface area contributed by atoms with Gasteiger partial charge in [0.25, 0.3) is 5.91 Å². The summed E-state index contributed by atoms with van der Waals surface area (Å²) in [7, 11) is 0. The Labute approximate surface area is 255 Å². The molecule has 3 aromatic rings. The lowest BCUT2D eigenvalue weighted by Crippen LogP contribution is -2.61. The van der Waals surface area contributed by atoms with Crippen LogP contribution in [0.4, 0.5) is 0 Å². The van der Waals surface area contributed by atoms with E-state index < -0.39 is 46.2 Å². The first-order valence-electron chi connectivity index (χ1n) is 14.7. The summed E-state index contributed by atoms with van der Waals surface area (Å²) in [5.74, 6) is -5.32. The van der Waals surface area contributed by atoms with Gasteiger partial charge in [-0.25, -0.2) is 0 Å². The van der Waals surface area contributed by atoms with Gasteiger partial charge in [0, 0.05) is 17.9 Å². The molecule has 3 aliphatic rings. The maximum atomic E-state index is 14.0. The molecule has 3 atom stereocenters. The Kier molecular flexibility index (Phi) is 7.00. The molecular formula is C36H35NO7. The molecule has 0 radical (unpaired) electrons. The van der Waals surface area contributed by atoms with Gasteiger partial charge < -0.3 is 25.8 Å². The maximum absolute atomic E-state index is 14.0. The van der Waals surface area contributed by atoms with Crippen LogP contribution in [0.5, 0.6) is 5.75 Å². The van der Waals surface area contributed by atoms with E-state index in [4.69, 9.17) is 10.5 Å². The molecule has 8 heteroatoms. The van der Waals surface area contributed by atoms with E-state index in [1.807, 2.05) is 42.5 Å². The van der Waals surface area contributed by atoms with Crippen molar-refractivity contribution in [3.05, 3.63) is 106 Å². The Balaban J connectivity index is 1.40. The smallest absolute Gasteiger partial charge is 0.255 e. The summed E-state index contributed by atoms with van der Waals surface area (Å²) >= 11 is 0. The van der Waals surface area contributed by atoms with E-state index in [1.165, 1.54) is 6.07 Å². The van der Waals surface area contributed by atoms with Crippen molar-refractivity contribution in [1.29, 1.82) is 0 Å². The number of phenolic OH excluding ortho intramolecular Hbond substituents is 1. The van der Waals surface area contributed by atoms with E-state index in [0.29, 0.717) is 12.0 Å². The number of aliphatic hydroxyl groups is 2. The maximum Gasteiger partial charge on any atom is 0.255 e. The third kappa shape index (κ3) is 4.61. The minimum atomic E-state index is -2.60. The van der Waals surface area contributed by atoms with Crippen LogP contribution < -0.4 is 5.73 Å². The van der Waals surface area contributed by atoms with Gasteiger partial charge in [-0.1, -0.05) is 81.4 Å². The number of phenols is 1. The highest BCUT2D eigenvalue weighted by Gasteiger charge is 2.61. The molecule has 0 aliphatic heterocycles. The number of hydrogen-bond donors (Lipinski definition) is 4. The first-order chi connectivity index (χ1) is 20.8. The molecule has 0 bridgehead atoms. The zero-order chi connectivity index (χ0) is 31.6. The van der Waals surface area contributed by atoms with Crippen molar-refractivity contribution in [3.8, 4) is 16.9 Å². The Bertz CT molecular complexity index is 1760. The number of ether oxygens (including phenoxy) is 1. The molecule has 3 aliphatic carbocycles. The average molecular weight is 594 g/mol. The molecule has 0 saturated heterocycles. The summed E-state index contributed by atoms with van der Waals surface area (Å²) in [6.45, 7) is 6.46.